The summed E-state index contributed by atoms with van der Waals surface area (Å²) < 4.78 is 4.96. The summed E-state index contributed by atoms with van der Waals surface area (Å²) in [6.45, 7) is 3.41. The monoisotopic (exact) mass is 342 g/mol. The Morgan fingerprint density at radius 1 is 1.36 bits per heavy atom. The average molecular weight is 342 g/mol. The number of amides is 1. The largest absolute Gasteiger partial charge is 0.375 e. The number of aromatic nitrogens is 4. The van der Waals surface area contributed by atoms with Crippen molar-refractivity contribution in [2.24, 2.45) is 0 Å². The molecule has 3 rings (SSSR count). The molecule has 8 heteroatoms. The van der Waals surface area contributed by atoms with Crippen LogP contribution in [0.25, 0.3) is 0 Å². The van der Waals surface area contributed by atoms with E-state index in [0.717, 1.165) is 25.1 Å². The number of nitrogens with one attached hydrogen (secondary N) is 1. The molecule has 25 heavy (non-hydrogen) atoms. The van der Waals surface area contributed by atoms with Crippen molar-refractivity contribution in [2.75, 3.05) is 32.1 Å². The first kappa shape index (κ1) is 17.2. The smallest absolute Gasteiger partial charge is 0.248 e. The van der Waals surface area contributed by atoms with Crippen molar-refractivity contribution in [3.8, 4) is 0 Å². The van der Waals surface area contributed by atoms with Gasteiger partial charge in [-0.1, -0.05) is 0 Å². The number of rotatable bonds is 5. The number of methoxy groups -OCH3 is 1. The van der Waals surface area contributed by atoms with Crippen LogP contribution in [0.4, 0.5) is 11.6 Å². The zero-order valence-corrected chi connectivity index (χ0v) is 14.5. The van der Waals surface area contributed by atoms with Crippen LogP contribution in [0, 0.1) is 6.92 Å². The third-order valence-electron chi connectivity index (χ3n) is 4.14. The van der Waals surface area contributed by atoms with Crippen molar-refractivity contribution in [3.05, 3.63) is 36.2 Å². The summed E-state index contributed by atoms with van der Waals surface area (Å²) in [5.74, 6) is 2.22. The van der Waals surface area contributed by atoms with Crippen LogP contribution in [0.2, 0.25) is 0 Å². The van der Waals surface area contributed by atoms with Crippen LogP contribution < -0.4 is 5.32 Å². The van der Waals surface area contributed by atoms with Gasteiger partial charge in [-0.05, 0) is 19.8 Å². The molecule has 1 saturated heterocycles. The summed E-state index contributed by atoms with van der Waals surface area (Å²) in [5.41, 5.74) is 0.939. The quantitative estimate of drug-likeness (QED) is 0.883. The molecule has 3 heterocycles. The summed E-state index contributed by atoms with van der Waals surface area (Å²) in [4.78, 5) is 31.2. The molecule has 2 aromatic rings. The normalized spacial score (nSPS) is 17.4. The number of likely N-dealkylation sites (tertiary alicyclic amines) is 1. The highest BCUT2D eigenvalue weighted by Gasteiger charge is 2.26. The molecule has 1 aliphatic rings. The number of carbonyl (C=O) groups excluding carboxylic acids is 1. The Kier molecular flexibility index (Phi) is 5.49. The minimum absolute atomic E-state index is 0.0240. The van der Waals surface area contributed by atoms with Gasteiger partial charge in [0.1, 0.15) is 24.1 Å². The van der Waals surface area contributed by atoms with E-state index in [2.05, 4.69) is 25.3 Å². The molecule has 0 aromatic carbocycles. The molecule has 1 fully saturated rings. The summed E-state index contributed by atoms with van der Waals surface area (Å²) in [6.07, 6.45) is 6.84. The van der Waals surface area contributed by atoms with Gasteiger partial charge in [-0.3, -0.25) is 9.78 Å². The molecule has 0 unspecified atom stereocenters. The number of aryl methyl sites for hydroxylation is 1. The average Bonchev–Trinajstić information content (AvgIpc) is 2.62. The van der Waals surface area contributed by atoms with Crippen LogP contribution in [0.1, 0.15) is 30.3 Å². The standard InChI is InChI=1S/C17H22N6O2/c1-12-20-14(8-15(21-12)22-16-9-18-5-6-19-16)13-4-3-7-23(10-13)17(24)11-25-2/h5-6,8-9,13H,3-4,7,10-11H2,1-2H3,(H,19,20,21,22)/t13-/m1/s1. The van der Waals surface area contributed by atoms with Gasteiger partial charge < -0.3 is 15.0 Å². The SMILES string of the molecule is COCC(=O)N1CCC[C@@H](c2cc(Nc3cnccn3)nc(C)n2)C1. The van der Waals surface area contributed by atoms with Gasteiger partial charge in [0.2, 0.25) is 5.91 Å². The third kappa shape index (κ3) is 4.48. The van der Waals surface area contributed by atoms with Crippen LogP contribution in [0.15, 0.2) is 24.7 Å². The van der Waals surface area contributed by atoms with E-state index in [9.17, 15) is 4.79 Å². The van der Waals surface area contributed by atoms with Gasteiger partial charge >= 0.3 is 0 Å². The van der Waals surface area contributed by atoms with E-state index in [0.29, 0.717) is 24.0 Å². The maximum absolute atomic E-state index is 12.1. The van der Waals surface area contributed by atoms with Crippen molar-refractivity contribution < 1.29 is 9.53 Å². The van der Waals surface area contributed by atoms with Crippen LogP contribution in [0.5, 0.6) is 0 Å². The number of hydrogen-bond acceptors (Lipinski definition) is 7. The fourth-order valence-corrected chi connectivity index (χ4v) is 3.02. The Hall–Kier alpha value is -2.61. The molecule has 1 aliphatic heterocycles. The first-order valence-electron chi connectivity index (χ1n) is 8.31. The Bertz CT molecular complexity index is 724. The molecule has 132 valence electrons. The lowest BCUT2D eigenvalue weighted by molar-refractivity contribution is -0.136. The number of hydrogen-bond donors (Lipinski definition) is 1. The zero-order valence-electron chi connectivity index (χ0n) is 14.5. The summed E-state index contributed by atoms with van der Waals surface area (Å²) in [7, 11) is 1.54. The van der Waals surface area contributed by atoms with Gasteiger partial charge in [0.25, 0.3) is 0 Å². The van der Waals surface area contributed by atoms with E-state index < -0.39 is 0 Å². The first-order valence-corrected chi connectivity index (χ1v) is 8.31. The number of piperidine rings is 1. The summed E-state index contributed by atoms with van der Waals surface area (Å²) in [5, 5.41) is 3.15. The van der Waals surface area contributed by atoms with Crippen molar-refractivity contribution in [1.29, 1.82) is 0 Å². The fourth-order valence-electron chi connectivity index (χ4n) is 3.02. The molecule has 2 aromatic heterocycles. The summed E-state index contributed by atoms with van der Waals surface area (Å²) >= 11 is 0. The molecular weight excluding hydrogens is 320 g/mol. The van der Waals surface area contributed by atoms with Gasteiger partial charge in [-0.2, -0.15) is 0 Å². The molecule has 0 aliphatic carbocycles. The molecule has 1 amide bonds. The Morgan fingerprint density at radius 2 is 2.24 bits per heavy atom. The molecule has 1 atom stereocenters. The van der Waals surface area contributed by atoms with Gasteiger partial charge in [0.05, 0.1) is 11.9 Å². The fraction of sp³-hybridized carbons (Fsp3) is 0.471. The Balaban J connectivity index is 1.76. The van der Waals surface area contributed by atoms with Gasteiger partial charge in [-0.15, -0.1) is 0 Å². The molecule has 0 spiro atoms. The van der Waals surface area contributed by atoms with E-state index in [1.54, 1.807) is 18.6 Å². The van der Waals surface area contributed by atoms with E-state index in [4.69, 9.17) is 4.74 Å². The van der Waals surface area contributed by atoms with E-state index >= 15 is 0 Å². The van der Waals surface area contributed by atoms with Crippen LogP contribution >= 0.6 is 0 Å². The Labute approximate surface area is 146 Å². The van der Waals surface area contributed by atoms with Crippen LogP contribution in [0.3, 0.4) is 0 Å². The van der Waals surface area contributed by atoms with Gasteiger partial charge in [0.15, 0.2) is 0 Å². The zero-order chi connectivity index (χ0) is 17.6. The van der Waals surface area contributed by atoms with Crippen molar-refractivity contribution in [2.45, 2.75) is 25.7 Å². The van der Waals surface area contributed by atoms with Crippen LogP contribution in [-0.2, 0) is 9.53 Å². The number of anilines is 2. The third-order valence-corrected chi connectivity index (χ3v) is 4.14. The molecular formula is C17H22N6O2. The highest BCUT2D eigenvalue weighted by molar-refractivity contribution is 5.77. The van der Waals surface area contributed by atoms with E-state index in [1.165, 1.54) is 7.11 Å². The molecule has 0 saturated carbocycles. The van der Waals surface area contributed by atoms with Crippen molar-refractivity contribution in [3.63, 3.8) is 0 Å². The molecule has 0 bridgehead atoms. The highest BCUT2D eigenvalue weighted by Crippen LogP contribution is 2.27. The van der Waals surface area contributed by atoms with Crippen LogP contribution in [-0.4, -0.2) is 57.5 Å². The second-order valence-corrected chi connectivity index (χ2v) is 6.05. The molecule has 8 nitrogen and oxygen atoms in total. The van der Waals surface area contributed by atoms with E-state index in [-0.39, 0.29) is 18.4 Å². The maximum Gasteiger partial charge on any atom is 0.248 e. The Morgan fingerprint density at radius 3 is 3.00 bits per heavy atom. The molecule has 1 N–H and O–H groups in total. The number of ether oxygens (including phenoxy) is 1. The minimum atomic E-state index is 0.0240. The molecule has 0 radical (unpaired) electrons. The second-order valence-electron chi connectivity index (χ2n) is 6.05. The highest BCUT2D eigenvalue weighted by atomic mass is 16.5. The lowest BCUT2D eigenvalue weighted by Gasteiger charge is -2.32. The predicted molar refractivity (Wildman–Crippen MR) is 92.5 cm³/mol. The lowest BCUT2D eigenvalue weighted by atomic mass is 9.94. The number of carbonyl (C=O) groups is 1. The van der Waals surface area contributed by atoms with Gasteiger partial charge in [-0.25, -0.2) is 15.0 Å². The summed E-state index contributed by atoms with van der Waals surface area (Å²) in [6, 6.07) is 1.93. The first-order chi connectivity index (χ1) is 12.2. The topological polar surface area (TPSA) is 93.1 Å². The lowest BCUT2D eigenvalue weighted by Crippen LogP contribution is -2.41. The predicted octanol–water partition coefficient (Wildman–Crippen LogP) is 1.67. The van der Waals surface area contributed by atoms with Gasteiger partial charge in [0, 0.05) is 44.6 Å². The maximum atomic E-state index is 12.1. The van der Waals surface area contributed by atoms with Crippen molar-refractivity contribution in [1.82, 2.24) is 24.8 Å². The minimum Gasteiger partial charge on any atom is -0.375 e. The second kappa shape index (κ2) is 7.98. The van der Waals surface area contributed by atoms with E-state index in [1.807, 2.05) is 17.9 Å². The number of nitrogens with zero attached hydrogens (tertiary/aromatic N) is 5. The van der Waals surface area contributed by atoms with Crippen molar-refractivity contribution >= 4 is 17.5 Å².